The van der Waals surface area contributed by atoms with Crippen LogP contribution in [0.2, 0.25) is 5.02 Å². The Bertz CT molecular complexity index is 1490. The third-order valence-corrected chi connectivity index (χ3v) is 6.02. The molecular formula is C25H26ClN5O3. The number of nitrogens with zero attached hydrogens (tertiary/aromatic N) is 3. The molecule has 4 rings (SSSR count). The molecule has 8 nitrogen and oxygen atoms in total. The number of carbonyl (C=O) groups is 1. The molecule has 0 bridgehead atoms. The van der Waals surface area contributed by atoms with Crippen LogP contribution in [0.1, 0.15) is 34.8 Å². The first kappa shape index (κ1) is 23.7. The van der Waals surface area contributed by atoms with Crippen LogP contribution in [-0.4, -0.2) is 33.1 Å². The number of carbonyl (C=O) groups excluding carboxylic acids is 1. The van der Waals surface area contributed by atoms with E-state index in [-0.39, 0.29) is 28.5 Å². The fourth-order valence-corrected chi connectivity index (χ4v) is 4.07. The normalized spacial score (nSPS) is 11.3. The Morgan fingerprint density at radius 1 is 1.21 bits per heavy atom. The molecule has 0 unspecified atom stereocenters. The summed E-state index contributed by atoms with van der Waals surface area (Å²) >= 11 is 6.20. The maximum absolute atomic E-state index is 13.4. The highest BCUT2D eigenvalue weighted by atomic mass is 35.5. The zero-order chi connectivity index (χ0) is 24.2. The molecule has 0 fully saturated rings. The van der Waals surface area contributed by atoms with E-state index in [1.165, 1.54) is 10.5 Å². The van der Waals surface area contributed by atoms with E-state index in [0.29, 0.717) is 42.5 Å². The molecule has 1 amide bonds. The summed E-state index contributed by atoms with van der Waals surface area (Å²) in [4.78, 5) is 31.2. The molecule has 0 atom stereocenters. The number of fused-ring (bicyclic) bond motifs is 2. The van der Waals surface area contributed by atoms with Gasteiger partial charge < -0.3 is 14.6 Å². The van der Waals surface area contributed by atoms with Crippen molar-refractivity contribution in [1.29, 1.82) is 5.41 Å². The number of aryl methyl sites for hydroxylation is 2. The van der Waals surface area contributed by atoms with Crippen molar-refractivity contribution in [2.24, 2.45) is 0 Å². The summed E-state index contributed by atoms with van der Waals surface area (Å²) in [5.74, 6) is -0.459. The second-order valence-corrected chi connectivity index (χ2v) is 8.33. The number of pyridine rings is 2. The summed E-state index contributed by atoms with van der Waals surface area (Å²) in [6.07, 6.45) is 2.27. The van der Waals surface area contributed by atoms with Crippen molar-refractivity contribution >= 4 is 34.2 Å². The lowest BCUT2D eigenvalue weighted by Gasteiger charge is -2.15. The molecule has 3 heterocycles. The maximum atomic E-state index is 13.4. The minimum atomic E-state index is -0.459. The van der Waals surface area contributed by atoms with Gasteiger partial charge in [0, 0.05) is 37.5 Å². The molecule has 0 saturated carbocycles. The molecule has 0 saturated heterocycles. The van der Waals surface area contributed by atoms with Gasteiger partial charge >= 0.3 is 0 Å². The number of benzene rings is 1. The number of rotatable bonds is 8. The lowest BCUT2D eigenvalue weighted by Crippen LogP contribution is -2.35. The number of halogens is 1. The van der Waals surface area contributed by atoms with Crippen molar-refractivity contribution in [2.45, 2.75) is 33.4 Å². The van der Waals surface area contributed by atoms with E-state index in [1.54, 1.807) is 22.9 Å². The van der Waals surface area contributed by atoms with Crippen LogP contribution in [0.15, 0.2) is 53.5 Å². The van der Waals surface area contributed by atoms with E-state index in [2.05, 4.69) is 5.32 Å². The van der Waals surface area contributed by atoms with Crippen molar-refractivity contribution in [3.63, 3.8) is 0 Å². The van der Waals surface area contributed by atoms with E-state index in [9.17, 15) is 9.59 Å². The Hall–Kier alpha value is -3.49. The molecule has 0 aliphatic carbocycles. The average Bonchev–Trinajstić information content (AvgIpc) is 2.83. The first-order valence-corrected chi connectivity index (χ1v) is 11.5. The number of hydrogen-bond donors (Lipinski definition) is 2. The highest BCUT2D eigenvalue weighted by Crippen LogP contribution is 2.16. The first-order valence-electron chi connectivity index (χ1n) is 11.1. The van der Waals surface area contributed by atoms with Crippen LogP contribution in [0.4, 0.5) is 0 Å². The van der Waals surface area contributed by atoms with Crippen molar-refractivity contribution in [3.8, 4) is 0 Å². The minimum absolute atomic E-state index is 0.00880. The lowest BCUT2D eigenvalue weighted by atomic mass is 10.1. The van der Waals surface area contributed by atoms with Crippen LogP contribution in [0.25, 0.3) is 16.7 Å². The van der Waals surface area contributed by atoms with Gasteiger partial charge in [0.1, 0.15) is 16.8 Å². The number of hydrogen-bond acceptors (Lipinski definition) is 5. The summed E-state index contributed by atoms with van der Waals surface area (Å²) in [6, 6.07) is 12.4. The molecule has 4 aromatic rings. The van der Waals surface area contributed by atoms with E-state index in [1.807, 2.05) is 38.1 Å². The van der Waals surface area contributed by atoms with Crippen LogP contribution < -0.4 is 16.4 Å². The first-order chi connectivity index (χ1) is 16.4. The molecule has 3 aromatic heterocycles. The largest absolute Gasteiger partial charge is 0.382 e. The van der Waals surface area contributed by atoms with Crippen molar-refractivity contribution in [3.05, 3.63) is 86.2 Å². The summed E-state index contributed by atoms with van der Waals surface area (Å²) in [6.45, 7) is 5.47. The van der Waals surface area contributed by atoms with E-state index in [4.69, 9.17) is 26.7 Å². The van der Waals surface area contributed by atoms with E-state index < -0.39 is 5.91 Å². The fourth-order valence-electron chi connectivity index (χ4n) is 3.87. The minimum Gasteiger partial charge on any atom is -0.382 e. The lowest BCUT2D eigenvalue weighted by molar-refractivity contribution is 0.0948. The second-order valence-electron chi connectivity index (χ2n) is 7.92. The molecule has 176 valence electrons. The van der Waals surface area contributed by atoms with Crippen LogP contribution in [0, 0.1) is 12.3 Å². The molecule has 1 aromatic carbocycles. The van der Waals surface area contributed by atoms with Crippen LogP contribution in [0.5, 0.6) is 0 Å². The molecule has 0 spiro atoms. The van der Waals surface area contributed by atoms with Gasteiger partial charge in [-0.1, -0.05) is 35.9 Å². The van der Waals surface area contributed by atoms with Gasteiger partial charge in [-0.3, -0.25) is 19.4 Å². The summed E-state index contributed by atoms with van der Waals surface area (Å²) in [7, 11) is 0. The predicted molar refractivity (Wildman–Crippen MR) is 131 cm³/mol. The molecule has 2 N–H and O–H groups in total. The molecule has 34 heavy (non-hydrogen) atoms. The standard InChI is InChI=1S/C25H26ClN5O3/c1-3-34-13-7-12-30-21(27)18(24(32)28-15-17-9-4-5-10-20(17)26)14-19-23(30)29-22-16(2)8-6-11-31(22)25(19)33/h4-6,8-11,14,27H,3,7,12-13,15H2,1-2H3,(H,28,32). The van der Waals surface area contributed by atoms with Gasteiger partial charge in [0.05, 0.1) is 10.9 Å². The van der Waals surface area contributed by atoms with Gasteiger partial charge in [0.2, 0.25) is 0 Å². The number of amides is 1. The summed E-state index contributed by atoms with van der Waals surface area (Å²) in [5.41, 5.74) is 2.31. The zero-order valence-corrected chi connectivity index (χ0v) is 19.9. The van der Waals surface area contributed by atoms with Gasteiger partial charge in [0.15, 0.2) is 0 Å². The zero-order valence-electron chi connectivity index (χ0n) is 19.1. The highest BCUT2D eigenvalue weighted by molar-refractivity contribution is 6.31. The molecule has 0 aliphatic heterocycles. The Kier molecular flexibility index (Phi) is 7.09. The van der Waals surface area contributed by atoms with Gasteiger partial charge in [-0.2, -0.15) is 0 Å². The van der Waals surface area contributed by atoms with Crippen LogP contribution in [-0.2, 0) is 17.8 Å². The fraction of sp³-hybridized carbons (Fsp3) is 0.280. The number of ether oxygens (including phenoxy) is 1. The Morgan fingerprint density at radius 3 is 2.76 bits per heavy atom. The molecule has 9 heteroatoms. The van der Waals surface area contributed by atoms with Gasteiger partial charge in [-0.15, -0.1) is 0 Å². The SMILES string of the molecule is CCOCCCn1c(=N)c(C(=O)NCc2ccccc2Cl)cc2c(=O)n3cccc(C)c3nc21. The third-order valence-electron chi connectivity index (χ3n) is 5.65. The highest BCUT2D eigenvalue weighted by Gasteiger charge is 2.18. The Morgan fingerprint density at radius 2 is 2.00 bits per heavy atom. The van der Waals surface area contributed by atoms with Gasteiger partial charge in [-0.05, 0) is 49.6 Å². The van der Waals surface area contributed by atoms with Crippen molar-refractivity contribution in [2.75, 3.05) is 13.2 Å². The smallest absolute Gasteiger partial charge is 0.267 e. The van der Waals surface area contributed by atoms with Crippen LogP contribution in [0.3, 0.4) is 0 Å². The molecular weight excluding hydrogens is 454 g/mol. The van der Waals surface area contributed by atoms with Crippen molar-refractivity contribution in [1.82, 2.24) is 19.3 Å². The third kappa shape index (κ3) is 4.60. The Balaban J connectivity index is 1.82. The predicted octanol–water partition coefficient (Wildman–Crippen LogP) is 3.45. The topological polar surface area (TPSA) is 101 Å². The molecule has 0 aliphatic rings. The number of aromatic nitrogens is 3. The molecule has 0 radical (unpaired) electrons. The summed E-state index contributed by atoms with van der Waals surface area (Å²) < 4.78 is 8.53. The van der Waals surface area contributed by atoms with E-state index in [0.717, 1.165) is 11.1 Å². The van der Waals surface area contributed by atoms with Crippen LogP contribution >= 0.6 is 11.6 Å². The second kappa shape index (κ2) is 10.2. The van der Waals surface area contributed by atoms with Gasteiger partial charge in [0.25, 0.3) is 11.5 Å². The van der Waals surface area contributed by atoms with Crippen molar-refractivity contribution < 1.29 is 9.53 Å². The number of nitrogens with one attached hydrogen (secondary N) is 2. The Labute approximate surface area is 201 Å². The monoisotopic (exact) mass is 479 g/mol. The summed E-state index contributed by atoms with van der Waals surface area (Å²) in [5, 5.41) is 12.4. The van der Waals surface area contributed by atoms with Gasteiger partial charge in [-0.25, -0.2) is 4.98 Å². The van der Waals surface area contributed by atoms with E-state index >= 15 is 0 Å². The quantitative estimate of drug-likeness (QED) is 0.298. The maximum Gasteiger partial charge on any atom is 0.267 e. The average molecular weight is 480 g/mol.